The van der Waals surface area contributed by atoms with Gasteiger partial charge >= 0.3 is 5.69 Å². The first-order valence-corrected chi connectivity index (χ1v) is 9.87. The average Bonchev–Trinajstić information content (AvgIpc) is 2.65. The number of nitro groups is 1. The van der Waals surface area contributed by atoms with Crippen molar-refractivity contribution < 1.29 is 19.6 Å². The standard InChI is InChI=1S/C23H29N3O5/c1-22(2,3)16-11-15(12-17(21(16)28)23(4,5)6)13-24-25-20(27)14-31-19-10-8-7-9-18(19)26(29)30/h7-13,28H,14H2,1-6H3,(H,25,27)/b24-13+. The van der Waals surface area contributed by atoms with Crippen LogP contribution < -0.4 is 10.2 Å². The van der Waals surface area contributed by atoms with E-state index in [0.29, 0.717) is 0 Å². The van der Waals surface area contributed by atoms with Crippen LogP contribution in [0.15, 0.2) is 41.5 Å². The number of phenols is 1. The number of benzene rings is 2. The van der Waals surface area contributed by atoms with Crippen molar-refractivity contribution in [3.8, 4) is 11.5 Å². The number of hydrogen-bond acceptors (Lipinski definition) is 6. The van der Waals surface area contributed by atoms with E-state index in [1.807, 2.05) is 53.7 Å². The summed E-state index contributed by atoms with van der Waals surface area (Å²) in [5.74, 6) is -0.283. The first kappa shape index (κ1) is 23.9. The number of nitro benzene ring substituents is 1. The fraction of sp³-hybridized carbons (Fsp3) is 0.391. The normalized spacial score (nSPS) is 12.1. The molecule has 2 N–H and O–H groups in total. The maximum Gasteiger partial charge on any atom is 0.310 e. The van der Waals surface area contributed by atoms with Gasteiger partial charge < -0.3 is 9.84 Å². The molecular weight excluding hydrogens is 398 g/mol. The van der Waals surface area contributed by atoms with Crippen LogP contribution >= 0.6 is 0 Å². The van der Waals surface area contributed by atoms with Crippen molar-refractivity contribution in [3.05, 3.63) is 63.2 Å². The molecule has 1 amide bonds. The molecule has 0 saturated heterocycles. The molecule has 0 spiro atoms. The number of nitrogens with zero attached hydrogens (tertiary/aromatic N) is 2. The van der Waals surface area contributed by atoms with Crippen LogP contribution in [0.4, 0.5) is 5.69 Å². The number of para-hydroxylation sites is 2. The molecule has 0 atom stereocenters. The minimum atomic E-state index is -0.574. The van der Waals surface area contributed by atoms with Gasteiger partial charge in [0.2, 0.25) is 0 Å². The summed E-state index contributed by atoms with van der Waals surface area (Å²) in [6.45, 7) is 11.6. The molecule has 0 saturated carbocycles. The molecule has 2 aromatic rings. The Morgan fingerprint density at radius 1 is 1.13 bits per heavy atom. The number of ether oxygens (including phenoxy) is 1. The summed E-state index contributed by atoms with van der Waals surface area (Å²) in [7, 11) is 0. The Bertz CT molecular complexity index is 966. The van der Waals surface area contributed by atoms with Crippen LogP contribution in [-0.2, 0) is 15.6 Å². The second-order valence-electron chi connectivity index (χ2n) is 9.27. The smallest absolute Gasteiger partial charge is 0.310 e. The second-order valence-corrected chi connectivity index (χ2v) is 9.27. The molecule has 0 bridgehead atoms. The van der Waals surface area contributed by atoms with E-state index in [1.54, 1.807) is 6.07 Å². The van der Waals surface area contributed by atoms with Crippen molar-refractivity contribution in [2.75, 3.05) is 6.61 Å². The zero-order valence-electron chi connectivity index (χ0n) is 18.7. The van der Waals surface area contributed by atoms with Crippen LogP contribution in [0.25, 0.3) is 0 Å². The SMILES string of the molecule is CC(C)(C)c1cc(/C=N/NC(=O)COc2ccccc2[N+](=O)[O-])cc(C(C)(C)C)c1O. The zero-order chi connectivity index (χ0) is 23.4. The fourth-order valence-corrected chi connectivity index (χ4v) is 2.96. The lowest BCUT2D eigenvalue weighted by atomic mass is 9.78. The van der Waals surface area contributed by atoms with Gasteiger partial charge in [-0.3, -0.25) is 14.9 Å². The Labute approximate surface area is 182 Å². The molecule has 0 aliphatic carbocycles. The first-order valence-electron chi connectivity index (χ1n) is 9.87. The maximum atomic E-state index is 12.0. The Morgan fingerprint density at radius 2 is 1.68 bits per heavy atom. The lowest BCUT2D eigenvalue weighted by molar-refractivity contribution is -0.385. The second kappa shape index (κ2) is 9.16. The van der Waals surface area contributed by atoms with E-state index in [4.69, 9.17) is 4.74 Å². The van der Waals surface area contributed by atoms with Crippen LogP contribution in [0.3, 0.4) is 0 Å². The van der Waals surface area contributed by atoms with Gasteiger partial charge in [0.15, 0.2) is 12.4 Å². The highest BCUT2D eigenvalue weighted by Crippen LogP contribution is 2.39. The molecule has 0 radical (unpaired) electrons. The monoisotopic (exact) mass is 427 g/mol. The molecule has 166 valence electrons. The quantitative estimate of drug-likeness (QED) is 0.402. The van der Waals surface area contributed by atoms with Crippen LogP contribution in [0, 0.1) is 10.1 Å². The largest absolute Gasteiger partial charge is 0.507 e. The third-order valence-corrected chi connectivity index (χ3v) is 4.57. The summed E-state index contributed by atoms with van der Waals surface area (Å²) in [6, 6.07) is 9.50. The molecule has 8 nitrogen and oxygen atoms in total. The summed E-state index contributed by atoms with van der Waals surface area (Å²) in [5.41, 5.74) is 3.87. The molecule has 0 aliphatic heterocycles. The number of carbonyl (C=O) groups is 1. The number of hydrazone groups is 1. The van der Waals surface area contributed by atoms with Crippen molar-refractivity contribution in [1.29, 1.82) is 0 Å². The topological polar surface area (TPSA) is 114 Å². The Balaban J connectivity index is 2.14. The van der Waals surface area contributed by atoms with E-state index in [0.717, 1.165) is 16.7 Å². The molecule has 0 unspecified atom stereocenters. The molecule has 8 heteroatoms. The summed E-state index contributed by atoms with van der Waals surface area (Å²) < 4.78 is 5.25. The van der Waals surface area contributed by atoms with Crippen LogP contribution in [0.2, 0.25) is 0 Å². The predicted octanol–water partition coefficient (Wildman–Crippen LogP) is 4.42. The van der Waals surface area contributed by atoms with E-state index in [-0.39, 0.29) is 28.0 Å². The Morgan fingerprint density at radius 3 is 2.19 bits per heavy atom. The molecule has 2 rings (SSSR count). The van der Waals surface area contributed by atoms with Gasteiger partial charge in [0.25, 0.3) is 5.91 Å². The molecule has 2 aromatic carbocycles. The van der Waals surface area contributed by atoms with E-state index < -0.39 is 17.4 Å². The van der Waals surface area contributed by atoms with Gasteiger partial charge in [0, 0.05) is 17.2 Å². The average molecular weight is 428 g/mol. The number of hydrogen-bond donors (Lipinski definition) is 2. The van der Waals surface area contributed by atoms with E-state index in [2.05, 4.69) is 10.5 Å². The molecule has 31 heavy (non-hydrogen) atoms. The maximum absolute atomic E-state index is 12.0. The van der Waals surface area contributed by atoms with E-state index in [9.17, 15) is 20.0 Å². The number of phenolic OH excluding ortho intramolecular Hbond substituents is 1. The van der Waals surface area contributed by atoms with Gasteiger partial charge in [-0.05, 0) is 34.6 Å². The summed E-state index contributed by atoms with van der Waals surface area (Å²) in [5, 5.41) is 25.7. The number of carbonyl (C=O) groups excluding carboxylic acids is 1. The molecule has 0 aromatic heterocycles. The third kappa shape index (κ3) is 6.28. The van der Waals surface area contributed by atoms with Gasteiger partial charge in [0.05, 0.1) is 11.1 Å². The summed E-state index contributed by atoms with van der Waals surface area (Å²) >= 11 is 0. The summed E-state index contributed by atoms with van der Waals surface area (Å²) in [4.78, 5) is 22.5. The number of rotatable bonds is 6. The lowest BCUT2D eigenvalue weighted by Gasteiger charge is -2.27. The first-order chi connectivity index (χ1) is 14.3. The van der Waals surface area contributed by atoms with Gasteiger partial charge in [-0.1, -0.05) is 53.7 Å². The van der Waals surface area contributed by atoms with Crippen molar-refractivity contribution in [1.82, 2.24) is 5.43 Å². The number of nitrogens with one attached hydrogen (secondary N) is 1. The van der Waals surface area contributed by atoms with Gasteiger partial charge in [-0.2, -0.15) is 5.10 Å². The Kier molecular flexibility index (Phi) is 7.05. The molecule has 0 fully saturated rings. The minimum absolute atomic E-state index is 0.00908. The van der Waals surface area contributed by atoms with Crippen molar-refractivity contribution in [3.63, 3.8) is 0 Å². The van der Waals surface area contributed by atoms with Crippen molar-refractivity contribution in [2.45, 2.75) is 52.4 Å². The van der Waals surface area contributed by atoms with E-state index >= 15 is 0 Å². The van der Waals surface area contributed by atoms with Crippen molar-refractivity contribution >= 4 is 17.8 Å². The minimum Gasteiger partial charge on any atom is -0.507 e. The van der Waals surface area contributed by atoms with Gasteiger partial charge in [-0.25, -0.2) is 5.43 Å². The van der Waals surface area contributed by atoms with Gasteiger partial charge in [0.1, 0.15) is 5.75 Å². The molecular formula is C23H29N3O5. The van der Waals surface area contributed by atoms with E-state index in [1.165, 1.54) is 24.4 Å². The fourth-order valence-electron chi connectivity index (χ4n) is 2.96. The molecule has 0 heterocycles. The predicted molar refractivity (Wildman–Crippen MR) is 120 cm³/mol. The lowest BCUT2D eigenvalue weighted by Crippen LogP contribution is -2.25. The highest BCUT2D eigenvalue weighted by molar-refractivity contribution is 5.84. The highest BCUT2D eigenvalue weighted by Gasteiger charge is 2.26. The Hall–Kier alpha value is -3.42. The van der Waals surface area contributed by atoms with Crippen molar-refractivity contribution in [2.24, 2.45) is 5.10 Å². The van der Waals surface area contributed by atoms with Gasteiger partial charge in [-0.15, -0.1) is 0 Å². The zero-order valence-corrected chi connectivity index (χ0v) is 18.7. The molecule has 0 aliphatic rings. The number of amides is 1. The van der Waals surface area contributed by atoms with Crippen LogP contribution in [-0.4, -0.2) is 28.8 Å². The highest BCUT2D eigenvalue weighted by atomic mass is 16.6. The summed E-state index contributed by atoms with van der Waals surface area (Å²) in [6.07, 6.45) is 1.49. The third-order valence-electron chi connectivity index (χ3n) is 4.57. The number of aromatic hydroxyl groups is 1. The van der Waals surface area contributed by atoms with Crippen LogP contribution in [0.5, 0.6) is 11.5 Å². The van der Waals surface area contributed by atoms with Crippen LogP contribution in [0.1, 0.15) is 58.2 Å².